The third kappa shape index (κ3) is 4.09. The molecule has 0 aliphatic carbocycles. The average Bonchev–Trinajstić information content (AvgIpc) is 2.86. The predicted octanol–water partition coefficient (Wildman–Crippen LogP) is 5.14. The zero-order chi connectivity index (χ0) is 20.5. The molecule has 1 saturated heterocycles. The third-order valence-electron chi connectivity index (χ3n) is 5.01. The monoisotopic (exact) mass is 394 g/mol. The van der Waals surface area contributed by atoms with Gasteiger partial charge in [-0.05, 0) is 48.7 Å². The molecule has 1 fully saturated rings. The molecule has 1 N–H and O–H groups in total. The minimum atomic E-state index is -4.56. The molecule has 7 heteroatoms. The van der Waals surface area contributed by atoms with Crippen molar-refractivity contribution in [2.45, 2.75) is 57.8 Å². The summed E-state index contributed by atoms with van der Waals surface area (Å²) in [5.74, 6) is 0.225. The normalized spacial score (nSPS) is 18.3. The Morgan fingerprint density at radius 3 is 2.61 bits per heavy atom. The number of carbonyl (C=O) groups is 1. The van der Waals surface area contributed by atoms with E-state index >= 15 is 0 Å². The SMILES string of the molecule is CCCCOc1ccc2c(C(N3NC(=O)CC3(C)C)C(F)(F)F)cccc2c1. The van der Waals surface area contributed by atoms with Crippen LogP contribution >= 0.6 is 0 Å². The Balaban J connectivity index is 2.04. The van der Waals surface area contributed by atoms with Crippen molar-refractivity contribution in [3.63, 3.8) is 0 Å². The number of alkyl halides is 3. The Kier molecular flexibility index (Phi) is 5.57. The second kappa shape index (κ2) is 7.62. The standard InChI is InChI=1S/C21H25F3N2O2/c1-4-5-11-28-15-9-10-16-14(12-15)7-6-8-17(16)19(21(22,23)24)26-20(2,3)13-18(27)25-26/h6-10,12,19H,4-5,11,13H2,1-3H3,(H,25,27). The summed E-state index contributed by atoms with van der Waals surface area (Å²) < 4.78 is 48.0. The lowest BCUT2D eigenvalue weighted by Gasteiger charge is -2.38. The van der Waals surface area contributed by atoms with Gasteiger partial charge in [-0.3, -0.25) is 10.2 Å². The van der Waals surface area contributed by atoms with Gasteiger partial charge in [0.05, 0.1) is 6.61 Å². The molecular weight excluding hydrogens is 369 g/mol. The maximum absolute atomic E-state index is 14.1. The maximum Gasteiger partial charge on any atom is 0.409 e. The van der Waals surface area contributed by atoms with Gasteiger partial charge in [-0.25, -0.2) is 0 Å². The van der Waals surface area contributed by atoms with Crippen molar-refractivity contribution in [2.75, 3.05) is 6.61 Å². The molecule has 2 aromatic carbocycles. The molecule has 0 saturated carbocycles. The number of unbranched alkanes of at least 4 members (excludes halogenated alkanes) is 1. The molecule has 0 bridgehead atoms. The van der Waals surface area contributed by atoms with Crippen molar-refractivity contribution in [3.05, 3.63) is 42.0 Å². The Morgan fingerprint density at radius 2 is 2.00 bits per heavy atom. The van der Waals surface area contributed by atoms with Crippen molar-refractivity contribution in [1.82, 2.24) is 10.4 Å². The van der Waals surface area contributed by atoms with Crippen molar-refractivity contribution in [1.29, 1.82) is 0 Å². The zero-order valence-corrected chi connectivity index (χ0v) is 16.3. The number of fused-ring (bicyclic) bond motifs is 1. The minimum Gasteiger partial charge on any atom is -0.494 e. The highest BCUT2D eigenvalue weighted by molar-refractivity contribution is 5.87. The Labute approximate surface area is 162 Å². The largest absolute Gasteiger partial charge is 0.494 e. The highest BCUT2D eigenvalue weighted by Gasteiger charge is 2.53. The number of rotatable bonds is 6. The number of hydrazine groups is 1. The number of hydrogen-bond acceptors (Lipinski definition) is 3. The number of benzene rings is 2. The zero-order valence-electron chi connectivity index (χ0n) is 16.3. The van der Waals surface area contributed by atoms with Crippen LogP contribution in [0.15, 0.2) is 36.4 Å². The third-order valence-corrected chi connectivity index (χ3v) is 5.01. The number of nitrogens with one attached hydrogen (secondary N) is 1. The fourth-order valence-corrected chi connectivity index (χ4v) is 3.63. The fraction of sp³-hybridized carbons (Fsp3) is 0.476. The van der Waals surface area contributed by atoms with E-state index < -0.39 is 23.7 Å². The molecule has 1 aliphatic rings. The van der Waals surface area contributed by atoms with Crippen molar-refractivity contribution in [3.8, 4) is 5.75 Å². The molecule has 1 atom stereocenters. The molecular formula is C21H25F3N2O2. The van der Waals surface area contributed by atoms with Crippen LogP contribution in [0.4, 0.5) is 13.2 Å². The lowest BCUT2D eigenvalue weighted by molar-refractivity contribution is -0.203. The van der Waals surface area contributed by atoms with Crippen LogP contribution in [-0.4, -0.2) is 29.2 Å². The first-order chi connectivity index (χ1) is 13.1. The molecule has 0 aromatic heterocycles. The molecule has 152 valence electrons. The molecule has 1 aliphatic heterocycles. The van der Waals surface area contributed by atoms with E-state index in [0.717, 1.165) is 17.9 Å². The second-order valence-electron chi connectivity index (χ2n) is 7.77. The lowest BCUT2D eigenvalue weighted by atomic mass is 9.93. The van der Waals surface area contributed by atoms with Gasteiger partial charge in [-0.1, -0.05) is 37.6 Å². The number of carbonyl (C=O) groups excluding carboxylic acids is 1. The van der Waals surface area contributed by atoms with Crippen LogP contribution in [-0.2, 0) is 4.79 Å². The molecule has 1 unspecified atom stereocenters. The Bertz CT molecular complexity index is 864. The van der Waals surface area contributed by atoms with Crippen LogP contribution in [0.1, 0.15) is 51.6 Å². The van der Waals surface area contributed by atoms with Crippen LogP contribution in [0.3, 0.4) is 0 Å². The van der Waals surface area contributed by atoms with Crippen LogP contribution in [0, 0.1) is 0 Å². The van der Waals surface area contributed by atoms with Crippen LogP contribution in [0.25, 0.3) is 10.8 Å². The Morgan fingerprint density at radius 1 is 1.25 bits per heavy atom. The summed E-state index contributed by atoms with van der Waals surface area (Å²) in [7, 11) is 0. The minimum absolute atomic E-state index is 0.0137. The first kappa shape index (κ1) is 20.5. The highest BCUT2D eigenvalue weighted by atomic mass is 19.4. The van der Waals surface area contributed by atoms with E-state index in [1.807, 2.05) is 0 Å². The molecule has 4 nitrogen and oxygen atoms in total. The van der Waals surface area contributed by atoms with E-state index in [1.165, 1.54) is 6.07 Å². The van der Waals surface area contributed by atoms with E-state index in [9.17, 15) is 18.0 Å². The summed E-state index contributed by atoms with van der Waals surface area (Å²) >= 11 is 0. The van der Waals surface area contributed by atoms with Gasteiger partial charge < -0.3 is 4.74 Å². The van der Waals surface area contributed by atoms with E-state index in [-0.39, 0.29) is 12.0 Å². The summed E-state index contributed by atoms with van der Waals surface area (Å²) in [6.45, 7) is 5.90. The van der Waals surface area contributed by atoms with E-state index in [0.29, 0.717) is 23.1 Å². The van der Waals surface area contributed by atoms with Gasteiger partial charge in [0.2, 0.25) is 5.91 Å². The summed E-state index contributed by atoms with van der Waals surface area (Å²) in [6, 6.07) is 8.03. The molecule has 1 heterocycles. The smallest absolute Gasteiger partial charge is 0.409 e. The van der Waals surface area contributed by atoms with Crippen molar-refractivity contribution >= 4 is 16.7 Å². The lowest BCUT2D eigenvalue weighted by Crippen LogP contribution is -2.51. The number of hydrogen-bond donors (Lipinski definition) is 1. The summed E-state index contributed by atoms with van der Waals surface area (Å²) in [6.07, 6.45) is -2.63. The van der Waals surface area contributed by atoms with Crippen molar-refractivity contribution < 1.29 is 22.7 Å². The van der Waals surface area contributed by atoms with E-state index in [1.54, 1.807) is 44.2 Å². The summed E-state index contributed by atoms with van der Waals surface area (Å²) in [4.78, 5) is 11.8. The average molecular weight is 394 g/mol. The number of amides is 1. The number of ether oxygens (including phenoxy) is 1. The first-order valence-corrected chi connectivity index (χ1v) is 9.44. The van der Waals surface area contributed by atoms with Gasteiger partial charge in [0.1, 0.15) is 5.75 Å². The van der Waals surface area contributed by atoms with Gasteiger partial charge in [0.25, 0.3) is 0 Å². The summed E-state index contributed by atoms with van der Waals surface area (Å²) in [5.41, 5.74) is 1.57. The van der Waals surface area contributed by atoms with Crippen LogP contribution in [0.2, 0.25) is 0 Å². The molecule has 3 rings (SSSR count). The second-order valence-corrected chi connectivity index (χ2v) is 7.77. The highest BCUT2D eigenvalue weighted by Crippen LogP contribution is 2.44. The predicted molar refractivity (Wildman–Crippen MR) is 102 cm³/mol. The first-order valence-electron chi connectivity index (χ1n) is 9.44. The number of halogens is 3. The molecule has 2 aromatic rings. The van der Waals surface area contributed by atoms with Crippen LogP contribution < -0.4 is 10.2 Å². The Hall–Kier alpha value is -2.28. The number of nitrogens with zero attached hydrogens (tertiary/aromatic N) is 1. The molecule has 0 radical (unpaired) electrons. The van der Waals surface area contributed by atoms with E-state index in [2.05, 4.69) is 12.3 Å². The quantitative estimate of drug-likeness (QED) is 0.690. The van der Waals surface area contributed by atoms with Crippen molar-refractivity contribution in [2.24, 2.45) is 0 Å². The van der Waals surface area contributed by atoms with Crippen LogP contribution in [0.5, 0.6) is 5.75 Å². The molecule has 28 heavy (non-hydrogen) atoms. The van der Waals surface area contributed by atoms with Gasteiger partial charge >= 0.3 is 6.18 Å². The molecule has 1 amide bonds. The molecule has 0 spiro atoms. The van der Waals surface area contributed by atoms with Gasteiger partial charge in [0, 0.05) is 12.0 Å². The topological polar surface area (TPSA) is 41.6 Å². The maximum atomic E-state index is 14.1. The summed E-state index contributed by atoms with van der Waals surface area (Å²) in [5, 5.41) is 2.20. The van der Waals surface area contributed by atoms with Gasteiger partial charge in [-0.2, -0.15) is 18.2 Å². The van der Waals surface area contributed by atoms with Gasteiger partial charge in [0.15, 0.2) is 6.04 Å². The van der Waals surface area contributed by atoms with E-state index in [4.69, 9.17) is 4.74 Å². The fourth-order valence-electron chi connectivity index (χ4n) is 3.63. The van der Waals surface area contributed by atoms with Gasteiger partial charge in [-0.15, -0.1) is 0 Å².